The van der Waals surface area contributed by atoms with Crippen LogP contribution in [0.2, 0.25) is 5.02 Å². The highest BCUT2D eigenvalue weighted by Crippen LogP contribution is 2.19. The normalized spacial score (nSPS) is 11.3. The quantitative estimate of drug-likeness (QED) is 0.837. The third kappa shape index (κ3) is 4.32. The molecule has 0 bridgehead atoms. The van der Waals surface area contributed by atoms with Crippen LogP contribution >= 0.6 is 11.6 Å². The summed E-state index contributed by atoms with van der Waals surface area (Å²) in [6, 6.07) is 8.45. The van der Waals surface area contributed by atoms with Crippen LogP contribution in [0.25, 0.3) is 0 Å². The van der Waals surface area contributed by atoms with E-state index in [0.717, 1.165) is 36.5 Å². The average molecular weight is 306 g/mol. The van der Waals surface area contributed by atoms with Crippen molar-refractivity contribution in [2.24, 2.45) is 0 Å². The molecule has 0 saturated carbocycles. The van der Waals surface area contributed by atoms with E-state index in [1.165, 1.54) is 11.3 Å². The molecule has 114 valence electrons. The molecule has 4 heteroatoms. The third-order valence-electron chi connectivity index (χ3n) is 3.50. The van der Waals surface area contributed by atoms with Crippen LogP contribution in [0.15, 0.2) is 30.5 Å². The van der Waals surface area contributed by atoms with E-state index in [1.807, 2.05) is 24.4 Å². The summed E-state index contributed by atoms with van der Waals surface area (Å²) in [7, 11) is 0. The molecule has 1 heterocycles. The molecule has 1 aromatic carbocycles. The molecule has 21 heavy (non-hydrogen) atoms. The minimum Gasteiger partial charge on any atom is -0.310 e. The van der Waals surface area contributed by atoms with Crippen LogP contribution in [0.4, 0.5) is 0 Å². The Kier molecular flexibility index (Phi) is 5.83. The van der Waals surface area contributed by atoms with Gasteiger partial charge in [-0.1, -0.05) is 57.0 Å². The molecule has 2 rings (SSSR count). The summed E-state index contributed by atoms with van der Waals surface area (Å²) < 4.78 is 2.09. The Morgan fingerprint density at radius 1 is 1.24 bits per heavy atom. The standard InChI is InChI=1S/C17H24ClN3/c1-4-7-17-15(10-19-13(2)3)11-20-21(17)12-14-8-5-6-9-16(14)18/h5-6,8-9,11,13,19H,4,7,10,12H2,1-3H3. The summed E-state index contributed by atoms with van der Waals surface area (Å²) >= 11 is 6.26. The van der Waals surface area contributed by atoms with E-state index in [9.17, 15) is 0 Å². The summed E-state index contributed by atoms with van der Waals surface area (Å²) in [6.45, 7) is 8.13. The van der Waals surface area contributed by atoms with Crippen molar-refractivity contribution in [1.29, 1.82) is 0 Å². The number of aromatic nitrogens is 2. The SMILES string of the molecule is CCCc1c(CNC(C)C)cnn1Cc1ccccc1Cl. The molecule has 0 unspecified atom stereocenters. The van der Waals surface area contributed by atoms with Gasteiger partial charge in [0.1, 0.15) is 0 Å². The van der Waals surface area contributed by atoms with Crippen LogP contribution in [0.1, 0.15) is 44.0 Å². The molecule has 1 aromatic heterocycles. The second-order valence-electron chi connectivity index (χ2n) is 5.65. The van der Waals surface area contributed by atoms with Crippen LogP contribution in [0, 0.1) is 0 Å². The van der Waals surface area contributed by atoms with Crippen molar-refractivity contribution in [1.82, 2.24) is 15.1 Å². The smallest absolute Gasteiger partial charge is 0.0677 e. The largest absolute Gasteiger partial charge is 0.310 e. The Morgan fingerprint density at radius 3 is 2.67 bits per heavy atom. The number of benzene rings is 1. The van der Waals surface area contributed by atoms with Gasteiger partial charge in [0.25, 0.3) is 0 Å². The summed E-state index contributed by atoms with van der Waals surface area (Å²) in [4.78, 5) is 0. The Hall–Kier alpha value is -1.32. The third-order valence-corrected chi connectivity index (χ3v) is 3.87. The van der Waals surface area contributed by atoms with Gasteiger partial charge in [-0.25, -0.2) is 0 Å². The highest BCUT2D eigenvalue weighted by atomic mass is 35.5. The van der Waals surface area contributed by atoms with Gasteiger partial charge in [0.05, 0.1) is 12.7 Å². The first-order chi connectivity index (χ1) is 10.1. The minimum absolute atomic E-state index is 0.478. The Balaban J connectivity index is 2.21. The minimum atomic E-state index is 0.478. The van der Waals surface area contributed by atoms with E-state index in [4.69, 9.17) is 11.6 Å². The van der Waals surface area contributed by atoms with Crippen molar-refractivity contribution >= 4 is 11.6 Å². The predicted molar refractivity (Wildman–Crippen MR) is 88.8 cm³/mol. The zero-order chi connectivity index (χ0) is 15.2. The second kappa shape index (κ2) is 7.62. The molecule has 0 aliphatic carbocycles. The molecule has 0 spiro atoms. The number of nitrogens with zero attached hydrogens (tertiary/aromatic N) is 2. The molecule has 0 atom stereocenters. The molecule has 0 aliphatic rings. The van der Waals surface area contributed by atoms with Gasteiger partial charge in [0.2, 0.25) is 0 Å². The monoisotopic (exact) mass is 305 g/mol. The first kappa shape index (κ1) is 16.1. The van der Waals surface area contributed by atoms with Crippen molar-refractivity contribution in [3.63, 3.8) is 0 Å². The van der Waals surface area contributed by atoms with Crippen molar-refractivity contribution in [3.8, 4) is 0 Å². The van der Waals surface area contributed by atoms with Crippen molar-refractivity contribution in [3.05, 3.63) is 52.3 Å². The van der Waals surface area contributed by atoms with Gasteiger partial charge in [-0.15, -0.1) is 0 Å². The molecule has 0 radical (unpaired) electrons. The molecule has 0 aliphatic heterocycles. The number of rotatable bonds is 7. The molecule has 3 nitrogen and oxygen atoms in total. The van der Waals surface area contributed by atoms with Crippen LogP contribution in [0.3, 0.4) is 0 Å². The molecular formula is C17H24ClN3. The fourth-order valence-corrected chi connectivity index (χ4v) is 2.56. The van der Waals surface area contributed by atoms with Gasteiger partial charge in [-0.2, -0.15) is 5.10 Å². The van der Waals surface area contributed by atoms with Crippen molar-refractivity contribution < 1.29 is 0 Å². The van der Waals surface area contributed by atoms with E-state index in [1.54, 1.807) is 0 Å². The lowest BCUT2D eigenvalue weighted by Gasteiger charge is -2.12. The first-order valence-corrected chi connectivity index (χ1v) is 8.00. The van der Waals surface area contributed by atoms with E-state index >= 15 is 0 Å². The van der Waals surface area contributed by atoms with Crippen molar-refractivity contribution in [2.45, 2.75) is 52.7 Å². The predicted octanol–water partition coefficient (Wildman–Crippen LogP) is 4.04. The van der Waals surface area contributed by atoms with Crippen LogP contribution in [0.5, 0.6) is 0 Å². The molecule has 2 aromatic rings. The topological polar surface area (TPSA) is 29.9 Å². The molecule has 1 N–H and O–H groups in total. The van der Waals surface area contributed by atoms with E-state index < -0.39 is 0 Å². The van der Waals surface area contributed by atoms with E-state index in [2.05, 4.69) is 41.9 Å². The summed E-state index contributed by atoms with van der Waals surface area (Å²) in [5, 5.41) is 8.84. The maximum Gasteiger partial charge on any atom is 0.0677 e. The summed E-state index contributed by atoms with van der Waals surface area (Å²) in [5.74, 6) is 0. The summed E-state index contributed by atoms with van der Waals surface area (Å²) in [6.07, 6.45) is 4.14. The highest BCUT2D eigenvalue weighted by molar-refractivity contribution is 6.31. The lowest BCUT2D eigenvalue weighted by molar-refractivity contribution is 0.580. The zero-order valence-corrected chi connectivity index (χ0v) is 13.8. The fourth-order valence-electron chi connectivity index (χ4n) is 2.36. The Morgan fingerprint density at radius 2 is 2.00 bits per heavy atom. The van der Waals surface area contributed by atoms with Gasteiger partial charge >= 0.3 is 0 Å². The van der Waals surface area contributed by atoms with E-state index in [-0.39, 0.29) is 0 Å². The first-order valence-electron chi connectivity index (χ1n) is 7.62. The Bertz CT molecular complexity index is 575. The lowest BCUT2D eigenvalue weighted by atomic mass is 10.1. The maximum absolute atomic E-state index is 6.26. The zero-order valence-electron chi connectivity index (χ0n) is 13.1. The number of hydrogen-bond donors (Lipinski definition) is 1. The number of halogens is 1. The maximum atomic E-state index is 6.26. The Labute approximate surface area is 132 Å². The van der Waals surface area contributed by atoms with Gasteiger partial charge < -0.3 is 5.32 Å². The van der Waals surface area contributed by atoms with Gasteiger partial charge in [-0.3, -0.25) is 4.68 Å². The highest BCUT2D eigenvalue weighted by Gasteiger charge is 2.11. The molecule has 0 fully saturated rings. The molecule has 0 amide bonds. The van der Waals surface area contributed by atoms with Crippen LogP contribution in [-0.2, 0) is 19.5 Å². The van der Waals surface area contributed by atoms with Gasteiger partial charge in [-0.05, 0) is 18.1 Å². The fraction of sp³-hybridized carbons (Fsp3) is 0.471. The second-order valence-corrected chi connectivity index (χ2v) is 6.06. The van der Waals surface area contributed by atoms with Gasteiger partial charge in [0, 0.05) is 28.9 Å². The summed E-state index contributed by atoms with van der Waals surface area (Å²) in [5.41, 5.74) is 3.71. The molecule has 0 saturated heterocycles. The van der Waals surface area contributed by atoms with Crippen molar-refractivity contribution in [2.75, 3.05) is 0 Å². The van der Waals surface area contributed by atoms with Crippen LogP contribution in [-0.4, -0.2) is 15.8 Å². The van der Waals surface area contributed by atoms with Gasteiger partial charge in [0.15, 0.2) is 0 Å². The lowest BCUT2D eigenvalue weighted by Crippen LogP contribution is -2.22. The molecular weight excluding hydrogens is 282 g/mol. The average Bonchev–Trinajstić information content (AvgIpc) is 2.82. The van der Waals surface area contributed by atoms with Crippen LogP contribution < -0.4 is 5.32 Å². The number of nitrogens with one attached hydrogen (secondary N) is 1. The van der Waals surface area contributed by atoms with E-state index in [0.29, 0.717) is 6.04 Å². The number of hydrogen-bond acceptors (Lipinski definition) is 2.